The van der Waals surface area contributed by atoms with Crippen LogP contribution in [0.4, 0.5) is 13.2 Å². The van der Waals surface area contributed by atoms with E-state index < -0.39 is 40.8 Å². The Morgan fingerprint density at radius 3 is 2.78 bits per heavy atom. The number of fused-ring (bicyclic) bond motifs is 3. The standard InChI is InChI=1S/C22H16F3N3O3S/c23-22(24,25)15-8-12-16(20(30)31-21(12)5-6-26-9-21)17(28-15)18(29)10-7-11(10)19-27-13-3-1-2-4-14(13)32-19/h1-4,8,10-11,26H,5-7,9H2. The Bertz CT molecular complexity index is 1260. The number of alkyl halides is 3. The molecule has 6 nitrogen and oxygen atoms in total. The summed E-state index contributed by atoms with van der Waals surface area (Å²) in [5.41, 5.74) is -1.99. The number of para-hydroxylation sites is 1. The summed E-state index contributed by atoms with van der Waals surface area (Å²) in [6.45, 7) is 0.709. The van der Waals surface area contributed by atoms with Crippen molar-refractivity contribution in [3.63, 3.8) is 0 Å². The summed E-state index contributed by atoms with van der Waals surface area (Å²) in [4.78, 5) is 34.2. The highest BCUT2D eigenvalue weighted by molar-refractivity contribution is 7.18. The van der Waals surface area contributed by atoms with Gasteiger partial charge in [-0.25, -0.2) is 14.8 Å². The predicted octanol–water partition coefficient (Wildman–Crippen LogP) is 4.06. The van der Waals surface area contributed by atoms with E-state index in [-0.39, 0.29) is 23.6 Å². The van der Waals surface area contributed by atoms with Gasteiger partial charge in [-0.15, -0.1) is 11.3 Å². The first-order valence-electron chi connectivity index (χ1n) is 10.2. The van der Waals surface area contributed by atoms with Gasteiger partial charge in [0.1, 0.15) is 11.4 Å². The zero-order valence-electron chi connectivity index (χ0n) is 16.5. The molecule has 1 spiro atoms. The molecule has 1 aliphatic carbocycles. The zero-order valence-corrected chi connectivity index (χ0v) is 17.3. The van der Waals surface area contributed by atoms with Crippen molar-refractivity contribution in [2.24, 2.45) is 5.92 Å². The minimum atomic E-state index is -4.75. The molecular formula is C22H16F3N3O3S. The number of ketones is 1. The van der Waals surface area contributed by atoms with Crippen molar-refractivity contribution in [3.05, 3.63) is 57.9 Å². The highest BCUT2D eigenvalue weighted by Gasteiger charge is 2.54. The summed E-state index contributed by atoms with van der Waals surface area (Å²) in [6, 6.07) is 8.44. The van der Waals surface area contributed by atoms with Gasteiger partial charge in [0.25, 0.3) is 0 Å². The number of carbonyl (C=O) groups is 2. The van der Waals surface area contributed by atoms with E-state index in [9.17, 15) is 22.8 Å². The molecule has 1 aromatic carbocycles. The van der Waals surface area contributed by atoms with Gasteiger partial charge in [-0.05, 0) is 31.2 Å². The summed E-state index contributed by atoms with van der Waals surface area (Å²) in [7, 11) is 0. The number of nitrogens with zero attached hydrogens (tertiary/aromatic N) is 2. The van der Waals surface area contributed by atoms with Crippen molar-refractivity contribution in [3.8, 4) is 0 Å². The van der Waals surface area contributed by atoms with Gasteiger partial charge in [0.05, 0.1) is 20.8 Å². The van der Waals surface area contributed by atoms with Crippen LogP contribution in [-0.2, 0) is 16.5 Å². The molecule has 3 aromatic rings. The van der Waals surface area contributed by atoms with Crippen LogP contribution in [0.2, 0.25) is 0 Å². The Kier molecular flexibility index (Phi) is 4.07. The maximum absolute atomic E-state index is 13.6. The number of ether oxygens (including phenoxy) is 1. The number of hydrogen-bond donors (Lipinski definition) is 1. The summed E-state index contributed by atoms with van der Waals surface area (Å²) >= 11 is 1.47. The number of Topliss-reactive ketones (excluding diaryl/α,β-unsaturated/α-hetero) is 1. The molecule has 2 aliphatic heterocycles. The van der Waals surface area contributed by atoms with E-state index in [1.165, 1.54) is 11.3 Å². The molecule has 1 saturated carbocycles. The van der Waals surface area contributed by atoms with Gasteiger partial charge in [0.2, 0.25) is 0 Å². The average Bonchev–Trinajstić information content (AvgIpc) is 3.09. The van der Waals surface area contributed by atoms with Gasteiger partial charge in [0.15, 0.2) is 11.4 Å². The normalized spacial score (nSPS) is 26.5. The summed E-state index contributed by atoms with van der Waals surface area (Å²) in [6.07, 6.45) is -3.94. The molecule has 0 bridgehead atoms. The van der Waals surface area contributed by atoms with Gasteiger partial charge in [-0.1, -0.05) is 12.1 Å². The summed E-state index contributed by atoms with van der Waals surface area (Å²) in [5.74, 6) is -2.09. The molecule has 0 amide bonds. The van der Waals surface area contributed by atoms with Gasteiger partial charge >= 0.3 is 12.1 Å². The van der Waals surface area contributed by atoms with Crippen LogP contribution >= 0.6 is 11.3 Å². The third-order valence-electron chi connectivity index (χ3n) is 6.40. The Labute approximate surface area is 183 Å². The summed E-state index contributed by atoms with van der Waals surface area (Å²) < 4.78 is 47.4. The lowest BCUT2D eigenvalue weighted by Crippen LogP contribution is -2.29. The van der Waals surface area contributed by atoms with Crippen molar-refractivity contribution in [2.75, 3.05) is 13.1 Å². The van der Waals surface area contributed by atoms with Crippen LogP contribution in [-0.4, -0.2) is 34.8 Å². The molecular weight excluding hydrogens is 443 g/mol. The maximum atomic E-state index is 13.6. The fourth-order valence-electron chi connectivity index (χ4n) is 4.69. The topological polar surface area (TPSA) is 81.2 Å². The molecule has 4 heterocycles. The zero-order chi connectivity index (χ0) is 22.3. The van der Waals surface area contributed by atoms with Gasteiger partial charge in [-0.3, -0.25) is 4.79 Å². The molecule has 6 rings (SSSR count). The Morgan fingerprint density at radius 1 is 1.25 bits per heavy atom. The highest BCUT2D eigenvalue weighted by atomic mass is 32.1. The lowest BCUT2D eigenvalue weighted by molar-refractivity contribution is -0.141. The van der Waals surface area contributed by atoms with Crippen molar-refractivity contribution >= 4 is 33.3 Å². The van der Waals surface area contributed by atoms with Crippen molar-refractivity contribution in [2.45, 2.75) is 30.5 Å². The van der Waals surface area contributed by atoms with Crippen LogP contribution in [0.15, 0.2) is 30.3 Å². The van der Waals surface area contributed by atoms with E-state index in [2.05, 4.69) is 15.3 Å². The van der Waals surface area contributed by atoms with E-state index in [0.29, 0.717) is 19.4 Å². The Balaban J connectivity index is 1.41. The number of esters is 1. The first-order valence-corrected chi connectivity index (χ1v) is 11.0. The number of thiazole rings is 1. The minimum Gasteiger partial charge on any atom is -0.449 e. The number of carbonyl (C=O) groups excluding carboxylic acids is 2. The molecule has 2 fully saturated rings. The smallest absolute Gasteiger partial charge is 0.433 e. The quantitative estimate of drug-likeness (QED) is 0.470. The first kappa shape index (κ1) is 19.8. The molecule has 2 aromatic heterocycles. The average molecular weight is 459 g/mol. The van der Waals surface area contributed by atoms with Crippen LogP contribution in [0, 0.1) is 5.92 Å². The van der Waals surface area contributed by atoms with Crippen LogP contribution < -0.4 is 5.32 Å². The van der Waals surface area contributed by atoms with E-state index in [1.807, 2.05) is 24.3 Å². The molecule has 1 saturated heterocycles. The highest BCUT2D eigenvalue weighted by Crippen LogP contribution is 2.52. The molecule has 164 valence electrons. The third kappa shape index (κ3) is 2.89. The molecule has 1 N–H and O–H groups in total. The molecule has 3 atom stereocenters. The SMILES string of the molecule is O=C1OC2(CCNC2)c2cc(C(F)(F)F)nc(C(=O)C3CC3c3nc4ccccc4s3)c21. The number of halogens is 3. The van der Waals surface area contributed by atoms with Crippen molar-refractivity contribution in [1.29, 1.82) is 0 Å². The van der Waals surface area contributed by atoms with Crippen LogP contribution in [0.25, 0.3) is 10.2 Å². The fourth-order valence-corrected chi connectivity index (χ4v) is 5.83. The monoisotopic (exact) mass is 459 g/mol. The second kappa shape index (κ2) is 6.58. The largest absolute Gasteiger partial charge is 0.449 e. The molecule has 10 heteroatoms. The minimum absolute atomic E-state index is 0.107. The number of rotatable bonds is 3. The lowest BCUT2D eigenvalue weighted by atomic mass is 9.89. The van der Waals surface area contributed by atoms with E-state index in [4.69, 9.17) is 4.74 Å². The molecule has 0 radical (unpaired) electrons. The first-order chi connectivity index (χ1) is 15.3. The molecule has 32 heavy (non-hydrogen) atoms. The van der Waals surface area contributed by atoms with E-state index in [0.717, 1.165) is 21.3 Å². The second-order valence-corrected chi connectivity index (χ2v) is 9.48. The van der Waals surface area contributed by atoms with Crippen LogP contribution in [0.1, 0.15) is 55.9 Å². The van der Waals surface area contributed by atoms with E-state index >= 15 is 0 Å². The Hall–Kier alpha value is -2.85. The van der Waals surface area contributed by atoms with Crippen LogP contribution in [0.3, 0.4) is 0 Å². The number of hydrogen-bond acceptors (Lipinski definition) is 7. The maximum Gasteiger partial charge on any atom is 0.433 e. The van der Waals surface area contributed by atoms with Gasteiger partial charge < -0.3 is 10.1 Å². The number of nitrogens with one attached hydrogen (secondary N) is 1. The predicted molar refractivity (Wildman–Crippen MR) is 109 cm³/mol. The Morgan fingerprint density at radius 2 is 2.06 bits per heavy atom. The van der Waals surface area contributed by atoms with Gasteiger partial charge in [-0.2, -0.15) is 13.2 Å². The van der Waals surface area contributed by atoms with Crippen LogP contribution in [0.5, 0.6) is 0 Å². The number of benzene rings is 1. The fraction of sp³-hybridized carbons (Fsp3) is 0.364. The number of pyridine rings is 1. The third-order valence-corrected chi connectivity index (χ3v) is 7.57. The van der Waals surface area contributed by atoms with Crippen molar-refractivity contribution in [1.82, 2.24) is 15.3 Å². The summed E-state index contributed by atoms with van der Waals surface area (Å²) in [5, 5.41) is 3.80. The van der Waals surface area contributed by atoms with Gasteiger partial charge in [0, 0.05) is 30.4 Å². The molecule has 3 unspecified atom stereocenters. The molecule has 3 aliphatic rings. The second-order valence-electron chi connectivity index (χ2n) is 8.42. The number of aromatic nitrogens is 2. The lowest BCUT2D eigenvalue weighted by Gasteiger charge is -2.22. The van der Waals surface area contributed by atoms with Crippen molar-refractivity contribution < 1.29 is 27.5 Å². The van der Waals surface area contributed by atoms with E-state index in [1.54, 1.807) is 0 Å².